The number of hydrogen-bond donors (Lipinski definition) is 2. The number of aliphatic hydroxyl groups is 1. The summed E-state index contributed by atoms with van der Waals surface area (Å²) in [5.41, 5.74) is 0.734. The molecule has 4 heteroatoms. The molecule has 0 bridgehead atoms. The molecule has 1 aromatic carbocycles. The Labute approximate surface area is 136 Å². The van der Waals surface area contributed by atoms with Crippen molar-refractivity contribution in [1.82, 2.24) is 5.32 Å². The van der Waals surface area contributed by atoms with Crippen LogP contribution in [0.1, 0.15) is 47.9 Å². The minimum absolute atomic E-state index is 0.154. The van der Waals surface area contributed by atoms with E-state index in [1.165, 1.54) is 5.56 Å². The zero-order chi connectivity index (χ0) is 16.3. The highest BCUT2D eigenvalue weighted by Gasteiger charge is 2.47. The summed E-state index contributed by atoms with van der Waals surface area (Å²) in [6, 6.07) is 11.2. The molecule has 1 aromatic heterocycles. The molecule has 1 unspecified atom stereocenters. The van der Waals surface area contributed by atoms with Gasteiger partial charge in [-0.25, -0.2) is 0 Å². The van der Waals surface area contributed by atoms with Crippen molar-refractivity contribution in [2.75, 3.05) is 6.54 Å². The van der Waals surface area contributed by atoms with Gasteiger partial charge in [-0.05, 0) is 55.0 Å². The van der Waals surface area contributed by atoms with E-state index in [4.69, 9.17) is 4.42 Å². The number of carbonyl (C=O) groups is 1. The van der Waals surface area contributed by atoms with Gasteiger partial charge in [0.15, 0.2) is 0 Å². The van der Waals surface area contributed by atoms with Gasteiger partial charge in [-0.3, -0.25) is 4.79 Å². The van der Waals surface area contributed by atoms with E-state index in [0.717, 1.165) is 25.7 Å². The van der Waals surface area contributed by atoms with Crippen molar-refractivity contribution in [1.29, 1.82) is 0 Å². The number of carbonyl (C=O) groups excluding carboxylic acids is 1. The lowest BCUT2D eigenvalue weighted by Crippen LogP contribution is -2.42. The van der Waals surface area contributed by atoms with Gasteiger partial charge in [0.25, 0.3) is 5.91 Å². The summed E-state index contributed by atoms with van der Waals surface area (Å²) in [7, 11) is 0. The summed E-state index contributed by atoms with van der Waals surface area (Å²) >= 11 is 0. The first-order valence-corrected chi connectivity index (χ1v) is 8.27. The first-order valence-electron chi connectivity index (χ1n) is 8.27. The van der Waals surface area contributed by atoms with E-state index in [1.807, 2.05) is 24.3 Å². The van der Waals surface area contributed by atoms with Gasteiger partial charge in [0.05, 0.1) is 12.8 Å². The largest absolute Gasteiger partial charge is 0.466 e. The fraction of sp³-hybridized carbons (Fsp3) is 0.421. The first kappa shape index (κ1) is 15.8. The minimum Gasteiger partial charge on any atom is -0.466 e. The van der Waals surface area contributed by atoms with E-state index in [2.05, 4.69) is 12.2 Å². The Morgan fingerprint density at radius 3 is 2.61 bits per heavy atom. The van der Waals surface area contributed by atoms with Gasteiger partial charge in [0.1, 0.15) is 11.4 Å². The molecule has 1 aliphatic carbocycles. The van der Waals surface area contributed by atoms with Crippen molar-refractivity contribution >= 4 is 5.91 Å². The normalized spacial score (nSPS) is 16.8. The van der Waals surface area contributed by atoms with Crippen LogP contribution in [0.25, 0.3) is 0 Å². The van der Waals surface area contributed by atoms with Crippen molar-refractivity contribution in [3.63, 3.8) is 0 Å². The van der Waals surface area contributed by atoms with Gasteiger partial charge in [-0.2, -0.15) is 0 Å². The van der Waals surface area contributed by atoms with Crippen LogP contribution in [-0.2, 0) is 12.0 Å². The van der Waals surface area contributed by atoms with Gasteiger partial charge >= 0.3 is 0 Å². The number of amides is 1. The quantitative estimate of drug-likeness (QED) is 0.824. The average molecular weight is 313 g/mol. The summed E-state index contributed by atoms with van der Waals surface area (Å²) < 4.78 is 5.38. The summed E-state index contributed by atoms with van der Waals surface area (Å²) in [5.74, 6) is 0.512. The van der Waals surface area contributed by atoms with Crippen LogP contribution in [0.2, 0.25) is 0 Å². The fourth-order valence-corrected chi connectivity index (χ4v) is 2.95. The number of benzene rings is 1. The predicted octanol–water partition coefficient (Wildman–Crippen LogP) is 3.26. The molecular formula is C19H23NO3. The van der Waals surface area contributed by atoms with Crippen molar-refractivity contribution < 1.29 is 14.3 Å². The van der Waals surface area contributed by atoms with Crippen molar-refractivity contribution in [3.05, 3.63) is 59.5 Å². The second kappa shape index (κ2) is 6.59. The van der Waals surface area contributed by atoms with E-state index in [0.29, 0.717) is 11.3 Å². The molecule has 1 saturated carbocycles. The first-order chi connectivity index (χ1) is 11.1. The van der Waals surface area contributed by atoms with Gasteiger partial charge in [0.2, 0.25) is 0 Å². The maximum Gasteiger partial charge on any atom is 0.251 e. The Bertz CT molecular complexity index is 644. The smallest absolute Gasteiger partial charge is 0.251 e. The van der Waals surface area contributed by atoms with E-state index in [-0.39, 0.29) is 18.4 Å². The maximum absolute atomic E-state index is 12.3. The summed E-state index contributed by atoms with van der Waals surface area (Å²) in [5, 5.41) is 13.8. The lowest BCUT2D eigenvalue weighted by molar-refractivity contribution is -0.00610. The molecule has 3 rings (SSSR count). The number of rotatable bonds is 7. The standard InChI is InChI=1S/C19H23NO3/c1-2-4-14-6-8-15(9-7-14)18(21)20-13-19(22,16-10-11-16)17-5-3-12-23-17/h3,5-9,12,16,22H,2,4,10-11,13H2,1H3,(H,20,21). The lowest BCUT2D eigenvalue weighted by atomic mass is 9.94. The van der Waals surface area contributed by atoms with Gasteiger partial charge in [-0.1, -0.05) is 25.5 Å². The van der Waals surface area contributed by atoms with Crippen LogP contribution >= 0.6 is 0 Å². The molecule has 23 heavy (non-hydrogen) atoms. The van der Waals surface area contributed by atoms with E-state index >= 15 is 0 Å². The van der Waals surface area contributed by atoms with Crippen molar-refractivity contribution in [2.45, 2.75) is 38.2 Å². The lowest BCUT2D eigenvalue weighted by Gasteiger charge is -2.26. The number of hydrogen-bond acceptors (Lipinski definition) is 3. The van der Waals surface area contributed by atoms with E-state index < -0.39 is 5.60 Å². The molecule has 2 N–H and O–H groups in total. The summed E-state index contributed by atoms with van der Waals surface area (Å²) in [4.78, 5) is 12.3. The van der Waals surface area contributed by atoms with Gasteiger partial charge in [-0.15, -0.1) is 0 Å². The van der Waals surface area contributed by atoms with Crippen molar-refractivity contribution in [3.8, 4) is 0 Å². The Morgan fingerprint density at radius 2 is 2.04 bits per heavy atom. The number of nitrogens with one attached hydrogen (secondary N) is 1. The Morgan fingerprint density at radius 1 is 1.30 bits per heavy atom. The third-order valence-corrected chi connectivity index (χ3v) is 4.47. The Balaban J connectivity index is 1.65. The van der Waals surface area contributed by atoms with Crippen LogP contribution in [0, 0.1) is 5.92 Å². The van der Waals surface area contributed by atoms with Crippen LogP contribution < -0.4 is 5.32 Å². The Kier molecular flexibility index (Phi) is 4.53. The molecule has 4 nitrogen and oxygen atoms in total. The highest BCUT2D eigenvalue weighted by atomic mass is 16.4. The topological polar surface area (TPSA) is 62.5 Å². The molecule has 0 spiro atoms. The molecule has 1 aliphatic rings. The summed E-state index contributed by atoms with van der Waals surface area (Å²) in [6.07, 6.45) is 5.57. The highest BCUT2D eigenvalue weighted by molar-refractivity contribution is 5.94. The zero-order valence-electron chi connectivity index (χ0n) is 13.4. The third kappa shape index (κ3) is 3.48. The average Bonchev–Trinajstić information content (AvgIpc) is 3.28. The molecule has 1 amide bonds. The van der Waals surface area contributed by atoms with Crippen LogP contribution in [0.3, 0.4) is 0 Å². The van der Waals surface area contributed by atoms with E-state index in [1.54, 1.807) is 18.4 Å². The minimum atomic E-state index is -1.11. The van der Waals surface area contributed by atoms with Crippen LogP contribution in [-0.4, -0.2) is 17.6 Å². The zero-order valence-corrected chi connectivity index (χ0v) is 13.4. The van der Waals surface area contributed by atoms with Crippen LogP contribution in [0.5, 0.6) is 0 Å². The molecule has 0 radical (unpaired) electrons. The fourth-order valence-electron chi connectivity index (χ4n) is 2.95. The monoisotopic (exact) mass is 313 g/mol. The molecule has 122 valence electrons. The van der Waals surface area contributed by atoms with Crippen molar-refractivity contribution in [2.24, 2.45) is 5.92 Å². The number of aryl methyl sites for hydroxylation is 1. The van der Waals surface area contributed by atoms with Crippen LogP contribution in [0.4, 0.5) is 0 Å². The molecular weight excluding hydrogens is 290 g/mol. The number of furan rings is 1. The van der Waals surface area contributed by atoms with Crippen LogP contribution in [0.15, 0.2) is 47.1 Å². The molecule has 2 aromatic rings. The highest BCUT2D eigenvalue weighted by Crippen LogP contribution is 2.45. The molecule has 1 atom stereocenters. The second-order valence-corrected chi connectivity index (χ2v) is 6.31. The summed E-state index contributed by atoms with van der Waals surface area (Å²) in [6.45, 7) is 2.30. The maximum atomic E-state index is 12.3. The van der Waals surface area contributed by atoms with Gasteiger partial charge in [0, 0.05) is 5.56 Å². The SMILES string of the molecule is CCCc1ccc(C(=O)NCC(O)(c2ccco2)C2CC2)cc1. The molecule has 0 saturated heterocycles. The predicted molar refractivity (Wildman–Crippen MR) is 88.1 cm³/mol. The van der Waals surface area contributed by atoms with E-state index in [9.17, 15) is 9.90 Å². The van der Waals surface area contributed by atoms with Gasteiger partial charge < -0.3 is 14.8 Å². The molecule has 1 heterocycles. The second-order valence-electron chi connectivity index (χ2n) is 6.31. The Hall–Kier alpha value is -2.07. The third-order valence-electron chi connectivity index (χ3n) is 4.47. The molecule has 0 aliphatic heterocycles. The molecule has 1 fully saturated rings.